The van der Waals surface area contributed by atoms with Crippen LogP contribution in [-0.2, 0) is 21.0 Å². The van der Waals surface area contributed by atoms with Gasteiger partial charge in [-0.2, -0.15) is 17.5 Å². The van der Waals surface area contributed by atoms with Gasteiger partial charge >= 0.3 is 6.18 Å². The number of halogens is 3. The van der Waals surface area contributed by atoms with Crippen LogP contribution in [-0.4, -0.2) is 49.7 Å². The second-order valence-electron chi connectivity index (χ2n) is 6.54. The summed E-state index contributed by atoms with van der Waals surface area (Å²) in [6.45, 7) is 2.39. The molecule has 0 unspecified atom stereocenters. The molecular formula is C16H19F3N2O3S. The van der Waals surface area contributed by atoms with Gasteiger partial charge in [-0.1, -0.05) is 19.1 Å². The summed E-state index contributed by atoms with van der Waals surface area (Å²) in [6, 6.07) is 4.17. The number of benzene rings is 1. The number of nitrogens with zero attached hydrogens (tertiary/aromatic N) is 2. The van der Waals surface area contributed by atoms with Crippen molar-refractivity contribution >= 4 is 15.9 Å². The lowest BCUT2D eigenvalue weighted by Crippen LogP contribution is -2.51. The highest BCUT2D eigenvalue weighted by molar-refractivity contribution is 7.89. The van der Waals surface area contributed by atoms with Crippen molar-refractivity contribution in [2.45, 2.75) is 24.4 Å². The van der Waals surface area contributed by atoms with Crippen LogP contribution >= 0.6 is 0 Å². The van der Waals surface area contributed by atoms with Crippen LogP contribution in [0.2, 0.25) is 0 Å². The molecule has 1 aromatic carbocycles. The fourth-order valence-electron chi connectivity index (χ4n) is 3.11. The molecule has 1 saturated carbocycles. The van der Waals surface area contributed by atoms with Gasteiger partial charge in [0.1, 0.15) is 0 Å². The zero-order valence-electron chi connectivity index (χ0n) is 13.7. The van der Waals surface area contributed by atoms with E-state index in [1.165, 1.54) is 6.07 Å². The summed E-state index contributed by atoms with van der Waals surface area (Å²) in [4.78, 5) is 13.1. The summed E-state index contributed by atoms with van der Waals surface area (Å²) in [5.41, 5.74) is -1.17. The zero-order chi connectivity index (χ0) is 18.4. The summed E-state index contributed by atoms with van der Waals surface area (Å²) in [5, 5.41) is 0. The quantitative estimate of drug-likeness (QED) is 0.813. The predicted octanol–water partition coefficient (Wildman–Crippen LogP) is 2.19. The van der Waals surface area contributed by atoms with Gasteiger partial charge in [0.2, 0.25) is 15.9 Å². The Kier molecular flexibility index (Phi) is 4.57. The lowest BCUT2D eigenvalue weighted by atomic mass is 10.2. The maximum atomic E-state index is 13.1. The Morgan fingerprint density at radius 3 is 2.20 bits per heavy atom. The highest BCUT2D eigenvalue weighted by Crippen LogP contribution is 2.39. The molecule has 1 saturated heterocycles. The van der Waals surface area contributed by atoms with Gasteiger partial charge in [0.25, 0.3) is 0 Å². The number of piperazine rings is 1. The van der Waals surface area contributed by atoms with Gasteiger partial charge in [-0.05, 0) is 24.5 Å². The Bertz CT molecular complexity index is 771. The molecule has 1 aromatic rings. The number of hydrogen-bond acceptors (Lipinski definition) is 3. The molecule has 2 atom stereocenters. The largest absolute Gasteiger partial charge is 0.417 e. The Labute approximate surface area is 144 Å². The molecule has 0 bridgehead atoms. The van der Waals surface area contributed by atoms with E-state index in [-0.39, 0.29) is 38.0 Å². The number of alkyl halides is 3. The van der Waals surface area contributed by atoms with Crippen LogP contribution in [0.4, 0.5) is 13.2 Å². The Morgan fingerprint density at radius 2 is 1.68 bits per heavy atom. The van der Waals surface area contributed by atoms with Crippen LogP contribution < -0.4 is 0 Å². The molecule has 0 spiro atoms. The van der Waals surface area contributed by atoms with Crippen LogP contribution in [0.15, 0.2) is 29.2 Å². The fourth-order valence-corrected chi connectivity index (χ4v) is 4.75. The lowest BCUT2D eigenvalue weighted by Gasteiger charge is -2.34. The summed E-state index contributed by atoms with van der Waals surface area (Å²) in [7, 11) is -4.26. The van der Waals surface area contributed by atoms with Crippen molar-refractivity contribution in [3.8, 4) is 0 Å². The van der Waals surface area contributed by atoms with E-state index in [4.69, 9.17) is 0 Å². The second kappa shape index (κ2) is 6.28. The highest BCUT2D eigenvalue weighted by Gasteiger charge is 2.43. The first-order chi connectivity index (χ1) is 11.6. The molecule has 0 N–H and O–H groups in total. The van der Waals surface area contributed by atoms with Crippen molar-refractivity contribution in [2.24, 2.45) is 11.8 Å². The van der Waals surface area contributed by atoms with E-state index in [1.807, 2.05) is 6.92 Å². The van der Waals surface area contributed by atoms with Crippen LogP contribution in [0, 0.1) is 11.8 Å². The van der Waals surface area contributed by atoms with E-state index in [9.17, 15) is 26.4 Å². The average molecular weight is 376 g/mol. The van der Waals surface area contributed by atoms with Crippen molar-refractivity contribution in [3.05, 3.63) is 29.8 Å². The van der Waals surface area contributed by atoms with Crippen molar-refractivity contribution in [3.63, 3.8) is 0 Å². The van der Waals surface area contributed by atoms with E-state index < -0.39 is 26.7 Å². The fraction of sp³-hybridized carbons (Fsp3) is 0.562. The molecule has 1 amide bonds. The summed E-state index contributed by atoms with van der Waals surface area (Å²) in [6.07, 6.45) is -3.90. The SMILES string of the molecule is C[C@H]1C[C@@H]1C(=O)N1CCN(S(=O)(=O)c2ccccc2C(F)(F)F)CC1. The number of carbonyl (C=O) groups is 1. The van der Waals surface area contributed by atoms with Gasteiger partial charge in [0.05, 0.1) is 10.5 Å². The first-order valence-corrected chi connectivity index (χ1v) is 9.51. The Hall–Kier alpha value is -1.61. The van der Waals surface area contributed by atoms with Crippen LogP contribution in [0.5, 0.6) is 0 Å². The van der Waals surface area contributed by atoms with Gasteiger partial charge in [-0.15, -0.1) is 0 Å². The molecule has 138 valence electrons. The van der Waals surface area contributed by atoms with Crippen molar-refractivity contribution in [1.82, 2.24) is 9.21 Å². The molecular weight excluding hydrogens is 357 g/mol. The van der Waals surface area contributed by atoms with E-state index in [0.29, 0.717) is 5.92 Å². The van der Waals surface area contributed by atoms with E-state index >= 15 is 0 Å². The van der Waals surface area contributed by atoms with E-state index in [2.05, 4.69) is 0 Å². The summed E-state index contributed by atoms with van der Waals surface area (Å²) >= 11 is 0. The third kappa shape index (κ3) is 3.52. The Morgan fingerprint density at radius 1 is 1.12 bits per heavy atom. The molecule has 5 nitrogen and oxygen atoms in total. The van der Waals surface area contributed by atoms with Gasteiger partial charge in [-0.3, -0.25) is 4.79 Å². The maximum absolute atomic E-state index is 13.1. The van der Waals surface area contributed by atoms with Crippen molar-refractivity contribution < 1.29 is 26.4 Å². The molecule has 0 radical (unpaired) electrons. The molecule has 1 aliphatic carbocycles. The number of sulfonamides is 1. The molecule has 0 aromatic heterocycles. The average Bonchev–Trinajstić information content (AvgIpc) is 3.30. The minimum Gasteiger partial charge on any atom is -0.340 e. The standard InChI is InChI=1S/C16H19F3N2O3S/c1-11-10-12(11)15(22)20-6-8-21(9-7-20)25(23,24)14-5-3-2-4-13(14)16(17,18)19/h2-5,11-12H,6-10H2,1H3/t11-,12-/m0/s1. The van der Waals surface area contributed by atoms with Crippen LogP contribution in [0.3, 0.4) is 0 Å². The molecule has 2 aliphatic rings. The molecule has 9 heteroatoms. The lowest BCUT2D eigenvalue weighted by molar-refractivity contribution is -0.139. The monoisotopic (exact) mass is 376 g/mol. The third-order valence-electron chi connectivity index (χ3n) is 4.79. The first kappa shape index (κ1) is 18.2. The number of amides is 1. The normalized spacial score (nSPS) is 25.0. The predicted molar refractivity (Wildman–Crippen MR) is 84.1 cm³/mol. The molecule has 1 aliphatic heterocycles. The molecule has 2 fully saturated rings. The van der Waals surface area contributed by atoms with Gasteiger partial charge in [0, 0.05) is 32.1 Å². The topological polar surface area (TPSA) is 57.7 Å². The summed E-state index contributed by atoms with van der Waals surface area (Å²) in [5.74, 6) is 0.377. The van der Waals surface area contributed by atoms with Crippen LogP contribution in [0.1, 0.15) is 18.9 Å². The number of carbonyl (C=O) groups excluding carboxylic acids is 1. The number of hydrogen-bond donors (Lipinski definition) is 0. The minimum atomic E-state index is -4.75. The minimum absolute atomic E-state index is 0.00135. The van der Waals surface area contributed by atoms with Gasteiger partial charge in [0.15, 0.2) is 0 Å². The smallest absolute Gasteiger partial charge is 0.340 e. The highest BCUT2D eigenvalue weighted by atomic mass is 32.2. The maximum Gasteiger partial charge on any atom is 0.417 e. The van der Waals surface area contributed by atoms with Gasteiger partial charge < -0.3 is 4.90 Å². The van der Waals surface area contributed by atoms with Crippen molar-refractivity contribution in [1.29, 1.82) is 0 Å². The third-order valence-corrected chi connectivity index (χ3v) is 6.74. The summed E-state index contributed by atoms with van der Waals surface area (Å²) < 4.78 is 65.7. The Balaban J connectivity index is 1.76. The molecule has 1 heterocycles. The van der Waals surface area contributed by atoms with E-state index in [1.54, 1.807) is 4.90 Å². The van der Waals surface area contributed by atoms with Crippen molar-refractivity contribution in [2.75, 3.05) is 26.2 Å². The molecule has 3 rings (SSSR count). The first-order valence-electron chi connectivity index (χ1n) is 8.07. The zero-order valence-corrected chi connectivity index (χ0v) is 14.5. The van der Waals surface area contributed by atoms with Crippen LogP contribution in [0.25, 0.3) is 0 Å². The second-order valence-corrected chi connectivity index (χ2v) is 8.45. The number of rotatable bonds is 3. The van der Waals surface area contributed by atoms with E-state index in [0.717, 1.165) is 28.9 Å². The molecule has 25 heavy (non-hydrogen) atoms. The van der Waals surface area contributed by atoms with Gasteiger partial charge in [-0.25, -0.2) is 8.42 Å².